The summed E-state index contributed by atoms with van der Waals surface area (Å²) in [6.45, 7) is 5.87. The van der Waals surface area contributed by atoms with E-state index >= 15 is 0 Å². The van der Waals surface area contributed by atoms with E-state index in [1.54, 1.807) is 4.57 Å². The van der Waals surface area contributed by atoms with E-state index in [1.807, 2.05) is 26.8 Å². The molecule has 0 spiro atoms. The quantitative estimate of drug-likeness (QED) is 0.602. The van der Waals surface area contributed by atoms with Gasteiger partial charge in [-0.2, -0.15) is 0 Å². The fourth-order valence-electron chi connectivity index (χ4n) is 2.28. The molecule has 0 unspecified atom stereocenters. The molecular weight excluding hydrogens is 241 g/mol. The molecule has 0 radical (unpaired) electrons. The standard InChI is InChI=1S/C13H15NO2.K/c1-8-4-9(2)13-11(5-8)6-10(3)14(13)7-12(15)16;/h4-6H,7H2,1-3H3,(H,15,16);/q;+1/p-1. The number of hydrogen-bond donors (Lipinski definition) is 0. The molecule has 0 bridgehead atoms. The van der Waals surface area contributed by atoms with Crippen LogP contribution in [0, 0.1) is 20.8 Å². The molecule has 17 heavy (non-hydrogen) atoms. The van der Waals surface area contributed by atoms with Gasteiger partial charge < -0.3 is 14.5 Å². The maximum Gasteiger partial charge on any atom is 1.00 e. The summed E-state index contributed by atoms with van der Waals surface area (Å²) in [4.78, 5) is 10.7. The summed E-state index contributed by atoms with van der Waals surface area (Å²) in [6, 6.07) is 6.15. The number of benzene rings is 1. The number of carboxylic acid groups (broad SMARTS) is 1. The topological polar surface area (TPSA) is 45.1 Å². The second-order valence-corrected chi connectivity index (χ2v) is 4.26. The number of aryl methyl sites for hydroxylation is 3. The Hall–Kier alpha value is -0.134. The first kappa shape index (κ1) is 14.9. The number of carbonyl (C=O) groups excluding carboxylic acids is 1. The summed E-state index contributed by atoms with van der Waals surface area (Å²) in [6.07, 6.45) is 0. The van der Waals surface area contributed by atoms with Gasteiger partial charge >= 0.3 is 51.4 Å². The van der Waals surface area contributed by atoms with Crippen LogP contribution in [0.2, 0.25) is 0 Å². The molecule has 0 atom stereocenters. The van der Waals surface area contributed by atoms with Gasteiger partial charge in [-0.25, -0.2) is 0 Å². The third kappa shape index (κ3) is 3.00. The van der Waals surface area contributed by atoms with Crippen LogP contribution in [0.1, 0.15) is 16.8 Å². The molecule has 1 heterocycles. The van der Waals surface area contributed by atoms with Crippen molar-refractivity contribution in [3.8, 4) is 0 Å². The van der Waals surface area contributed by atoms with E-state index < -0.39 is 5.97 Å². The van der Waals surface area contributed by atoms with Gasteiger partial charge in [0.05, 0.1) is 18.0 Å². The molecule has 0 aliphatic rings. The minimum absolute atomic E-state index is 0. The molecule has 4 heteroatoms. The predicted molar refractivity (Wildman–Crippen MR) is 61.2 cm³/mol. The maximum absolute atomic E-state index is 10.7. The molecule has 84 valence electrons. The molecule has 0 aliphatic carbocycles. The Labute approximate surface area is 143 Å². The van der Waals surface area contributed by atoms with Gasteiger partial charge in [-0.05, 0) is 38.5 Å². The minimum Gasteiger partial charge on any atom is -0.548 e. The van der Waals surface area contributed by atoms with Crippen molar-refractivity contribution in [3.05, 3.63) is 35.0 Å². The molecular formula is C13H14KNO2. The summed E-state index contributed by atoms with van der Waals surface area (Å²) in [5.74, 6) is -1.06. The van der Waals surface area contributed by atoms with Gasteiger partial charge in [0.15, 0.2) is 0 Å². The first-order valence-electron chi connectivity index (χ1n) is 5.26. The van der Waals surface area contributed by atoms with E-state index in [0.717, 1.165) is 22.2 Å². The van der Waals surface area contributed by atoms with Crippen molar-refractivity contribution in [2.75, 3.05) is 0 Å². The maximum atomic E-state index is 10.7. The third-order valence-electron chi connectivity index (χ3n) is 2.82. The Kier molecular flexibility index (Phi) is 4.98. The third-order valence-corrected chi connectivity index (χ3v) is 2.82. The number of hydrogen-bond acceptors (Lipinski definition) is 2. The Balaban J connectivity index is 0.00000144. The summed E-state index contributed by atoms with van der Waals surface area (Å²) in [5.41, 5.74) is 4.24. The number of nitrogens with zero attached hydrogens (tertiary/aromatic N) is 1. The predicted octanol–water partition coefficient (Wildman–Crippen LogP) is -1.68. The van der Waals surface area contributed by atoms with Gasteiger partial charge in [-0.3, -0.25) is 0 Å². The monoisotopic (exact) mass is 255 g/mol. The van der Waals surface area contributed by atoms with Crippen LogP contribution in [0.25, 0.3) is 10.9 Å². The fraction of sp³-hybridized carbons (Fsp3) is 0.308. The van der Waals surface area contributed by atoms with Gasteiger partial charge in [0.1, 0.15) is 0 Å². The number of carboxylic acids is 1. The van der Waals surface area contributed by atoms with Crippen LogP contribution in [0.15, 0.2) is 18.2 Å². The zero-order valence-corrected chi connectivity index (χ0v) is 13.8. The molecule has 1 aromatic heterocycles. The van der Waals surface area contributed by atoms with Crippen LogP contribution < -0.4 is 56.5 Å². The molecule has 2 rings (SSSR count). The molecule has 0 fully saturated rings. The number of aromatic nitrogens is 1. The number of carbonyl (C=O) groups is 1. The zero-order valence-electron chi connectivity index (χ0n) is 10.7. The summed E-state index contributed by atoms with van der Waals surface area (Å²) in [5, 5.41) is 11.8. The van der Waals surface area contributed by atoms with Crippen molar-refractivity contribution < 1.29 is 61.3 Å². The van der Waals surface area contributed by atoms with E-state index in [-0.39, 0.29) is 57.9 Å². The van der Waals surface area contributed by atoms with Crippen LogP contribution in [-0.4, -0.2) is 10.5 Å². The van der Waals surface area contributed by atoms with Gasteiger partial charge in [0.25, 0.3) is 0 Å². The number of rotatable bonds is 2. The van der Waals surface area contributed by atoms with Gasteiger partial charge in [0.2, 0.25) is 0 Å². The van der Waals surface area contributed by atoms with Crippen molar-refractivity contribution in [2.24, 2.45) is 0 Å². The first-order valence-corrected chi connectivity index (χ1v) is 5.26. The van der Waals surface area contributed by atoms with Gasteiger partial charge in [-0.15, -0.1) is 0 Å². The van der Waals surface area contributed by atoms with Crippen molar-refractivity contribution in [2.45, 2.75) is 27.3 Å². The molecule has 3 nitrogen and oxygen atoms in total. The number of aliphatic carboxylic acids is 1. The van der Waals surface area contributed by atoms with Crippen LogP contribution >= 0.6 is 0 Å². The Morgan fingerprint density at radius 2 is 1.88 bits per heavy atom. The summed E-state index contributed by atoms with van der Waals surface area (Å²) >= 11 is 0. The van der Waals surface area contributed by atoms with Crippen LogP contribution in [0.3, 0.4) is 0 Å². The minimum atomic E-state index is -1.06. The van der Waals surface area contributed by atoms with Gasteiger partial charge in [0, 0.05) is 11.1 Å². The molecule has 0 aliphatic heterocycles. The molecule has 0 saturated carbocycles. The molecule has 0 amide bonds. The fourth-order valence-corrected chi connectivity index (χ4v) is 2.28. The second kappa shape index (κ2) is 5.67. The molecule has 0 saturated heterocycles. The van der Waals surface area contributed by atoms with Crippen molar-refractivity contribution in [1.82, 2.24) is 4.57 Å². The van der Waals surface area contributed by atoms with Crippen molar-refractivity contribution in [3.63, 3.8) is 0 Å². The van der Waals surface area contributed by atoms with E-state index in [1.165, 1.54) is 5.56 Å². The van der Waals surface area contributed by atoms with E-state index in [9.17, 15) is 9.90 Å². The second-order valence-electron chi connectivity index (χ2n) is 4.26. The summed E-state index contributed by atoms with van der Waals surface area (Å²) < 4.78 is 1.79. The van der Waals surface area contributed by atoms with Crippen molar-refractivity contribution in [1.29, 1.82) is 0 Å². The van der Waals surface area contributed by atoms with Gasteiger partial charge in [-0.1, -0.05) is 11.6 Å². The van der Waals surface area contributed by atoms with E-state index in [4.69, 9.17) is 0 Å². The molecule has 2 aromatic rings. The molecule has 0 N–H and O–H groups in total. The van der Waals surface area contributed by atoms with E-state index in [0.29, 0.717) is 0 Å². The Bertz CT molecular complexity index is 572. The average molecular weight is 255 g/mol. The average Bonchev–Trinajstić information content (AvgIpc) is 2.41. The van der Waals surface area contributed by atoms with E-state index in [2.05, 4.69) is 12.1 Å². The van der Waals surface area contributed by atoms with Crippen LogP contribution in [0.4, 0.5) is 0 Å². The molecule has 1 aromatic carbocycles. The zero-order chi connectivity index (χ0) is 11.9. The number of fused-ring (bicyclic) bond motifs is 1. The van der Waals surface area contributed by atoms with Crippen LogP contribution in [-0.2, 0) is 11.3 Å². The SMILES string of the molecule is Cc1cc(C)c2c(c1)cc(C)n2CC(=O)[O-].[K+]. The first-order chi connectivity index (χ1) is 7.49. The summed E-state index contributed by atoms with van der Waals surface area (Å²) in [7, 11) is 0. The smallest absolute Gasteiger partial charge is 0.548 e. The Morgan fingerprint density at radius 1 is 1.24 bits per heavy atom. The van der Waals surface area contributed by atoms with Crippen LogP contribution in [0.5, 0.6) is 0 Å². The Morgan fingerprint density at radius 3 is 2.47 bits per heavy atom. The normalized spacial score (nSPS) is 10.3. The van der Waals surface area contributed by atoms with Crippen molar-refractivity contribution >= 4 is 16.9 Å². The largest absolute Gasteiger partial charge is 1.00 e.